The van der Waals surface area contributed by atoms with Gasteiger partial charge in [0.25, 0.3) is 5.56 Å². The van der Waals surface area contributed by atoms with Gasteiger partial charge in [-0.25, -0.2) is 4.68 Å². The molecule has 1 saturated carbocycles. The lowest BCUT2D eigenvalue weighted by molar-refractivity contribution is -0.127. The van der Waals surface area contributed by atoms with Crippen molar-refractivity contribution in [2.24, 2.45) is 5.92 Å². The fraction of sp³-hybridized carbons (Fsp3) is 0.706. The number of nitrogens with zero attached hydrogens (tertiary/aromatic N) is 2. The minimum atomic E-state index is -0.269. The second kappa shape index (κ2) is 7.44. The Morgan fingerprint density at radius 2 is 2.21 bits per heavy atom. The number of aromatic nitrogens is 2. The van der Waals surface area contributed by atoms with Gasteiger partial charge in [0, 0.05) is 19.3 Å². The predicted octanol–water partition coefficient (Wildman–Crippen LogP) is 0.560. The summed E-state index contributed by atoms with van der Waals surface area (Å²) in [4.78, 5) is 24.2. The van der Waals surface area contributed by atoms with Gasteiger partial charge in [-0.2, -0.15) is 5.10 Å². The maximum atomic E-state index is 12.3. The first-order valence-corrected chi connectivity index (χ1v) is 8.57. The zero-order chi connectivity index (χ0) is 17.1. The number of amides is 1. The molecule has 0 radical (unpaired) electrons. The van der Waals surface area contributed by atoms with Crippen LogP contribution in [0.1, 0.15) is 30.5 Å². The van der Waals surface area contributed by atoms with E-state index < -0.39 is 0 Å². The van der Waals surface area contributed by atoms with Crippen molar-refractivity contribution in [3.05, 3.63) is 27.7 Å². The van der Waals surface area contributed by atoms with Crippen molar-refractivity contribution < 1.29 is 14.3 Å². The monoisotopic (exact) mass is 335 g/mol. The van der Waals surface area contributed by atoms with Crippen molar-refractivity contribution in [1.82, 2.24) is 15.1 Å². The van der Waals surface area contributed by atoms with Gasteiger partial charge in [0.05, 0.1) is 24.4 Å². The molecule has 1 aliphatic carbocycles. The maximum absolute atomic E-state index is 12.3. The molecule has 0 bridgehead atoms. The molecule has 1 amide bonds. The molecule has 132 valence electrons. The summed E-state index contributed by atoms with van der Waals surface area (Å²) >= 11 is 0. The highest BCUT2D eigenvalue weighted by Gasteiger charge is 2.30. The molecule has 2 aliphatic rings. The van der Waals surface area contributed by atoms with E-state index in [1.54, 1.807) is 0 Å². The molecule has 1 saturated heterocycles. The van der Waals surface area contributed by atoms with Crippen LogP contribution in [0.3, 0.4) is 0 Å². The molecule has 7 heteroatoms. The summed E-state index contributed by atoms with van der Waals surface area (Å²) in [6.07, 6.45) is 3.23. The lowest BCUT2D eigenvalue weighted by Crippen LogP contribution is -2.52. The lowest BCUT2D eigenvalue weighted by atomic mass is 10.1. The fourth-order valence-electron chi connectivity index (χ4n) is 2.77. The van der Waals surface area contributed by atoms with Gasteiger partial charge >= 0.3 is 0 Å². The fourth-order valence-corrected chi connectivity index (χ4v) is 2.77. The largest absolute Gasteiger partial charge is 0.379 e. The number of hydrogen-bond donors (Lipinski definition) is 1. The summed E-state index contributed by atoms with van der Waals surface area (Å²) < 4.78 is 12.6. The van der Waals surface area contributed by atoms with Gasteiger partial charge in [-0.3, -0.25) is 9.59 Å². The van der Waals surface area contributed by atoms with E-state index in [4.69, 9.17) is 9.47 Å². The molecule has 3 rings (SSSR count). The Hall–Kier alpha value is -1.73. The zero-order valence-electron chi connectivity index (χ0n) is 14.3. The van der Waals surface area contributed by atoms with Crippen LogP contribution in [0.2, 0.25) is 0 Å². The topological polar surface area (TPSA) is 82.5 Å². The Bertz CT molecular complexity index is 654. The number of rotatable bonds is 6. The number of ether oxygens (including phenoxy) is 2. The maximum Gasteiger partial charge on any atom is 0.267 e. The summed E-state index contributed by atoms with van der Waals surface area (Å²) in [7, 11) is 0. The van der Waals surface area contributed by atoms with Gasteiger partial charge in [-0.15, -0.1) is 0 Å². The van der Waals surface area contributed by atoms with Gasteiger partial charge in [-0.1, -0.05) is 0 Å². The smallest absolute Gasteiger partial charge is 0.267 e. The molecule has 1 aromatic rings. The van der Waals surface area contributed by atoms with Crippen LogP contribution in [0.4, 0.5) is 0 Å². The van der Waals surface area contributed by atoms with Gasteiger partial charge < -0.3 is 14.8 Å². The van der Waals surface area contributed by atoms with E-state index in [0.29, 0.717) is 19.1 Å². The minimum Gasteiger partial charge on any atom is -0.379 e. The highest BCUT2D eigenvalue weighted by Crippen LogP contribution is 2.30. The molecule has 2 atom stereocenters. The molecule has 0 spiro atoms. The first-order valence-electron chi connectivity index (χ1n) is 8.57. The van der Waals surface area contributed by atoms with Crippen LogP contribution in [0.25, 0.3) is 0 Å². The highest BCUT2D eigenvalue weighted by molar-refractivity contribution is 5.76. The Morgan fingerprint density at radius 3 is 2.96 bits per heavy atom. The number of aryl methyl sites for hydroxylation is 2. The quantitative estimate of drug-likeness (QED) is 0.821. The van der Waals surface area contributed by atoms with Gasteiger partial charge in [0.1, 0.15) is 6.54 Å². The van der Waals surface area contributed by atoms with Gasteiger partial charge in [0.15, 0.2) is 0 Å². The molecule has 7 nitrogen and oxygen atoms in total. The number of hydrogen-bond acceptors (Lipinski definition) is 5. The van der Waals surface area contributed by atoms with Crippen LogP contribution in [0, 0.1) is 19.8 Å². The van der Waals surface area contributed by atoms with Crippen molar-refractivity contribution in [2.45, 2.75) is 51.8 Å². The molecular weight excluding hydrogens is 310 g/mol. The van der Waals surface area contributed by atoms with E-state index in [1.807, 2.05) is 13.8 Å². The summed E-state index contributed by atoms with van der Waals surface area (Å²) in [6.45, 7) is 5.41. The standard InChI is InChI=1S/C17H25N3O4/c1-11-7-17(22)20(19-12(11)2)8-16(21)18-14-10-23-6-5-15(14)24-9-13-3-4-13/h7,13-15H,3-6,8-10H2,1-2H3,(H,18,21). The van der Waals surface area contributed by atoms with Crippen LogP contribution in [0.5, 0.6) is 0 Å². The van der Waals surface area contributed by atoms with Crippen LogP contribution in [-0.4, -0.2) is 47.7 Å². The van der Waals surface area contributed by atoms with E-state index >= 15 is 0 Å². The Labute approximate surface area is 141 Å². The van der Waals surface area contributed by atoms with E-state index in [9.17, 15) is 9.59 Å². The van der Waals surface area contributed by atoms with Gasteiger partial charge in [-0.05, 0) is 44.6 Å². The SMILES string of the molecule is Cc1cc(=O)n(CC(=O)NC2COCCC2OCC2CC2)nc1C. The highest BCUT2D eigenvalue weighted by atomic mass is 16.5. The zero-order valence-corrected chi connectivity index (χ0v) is 14.3. The molecule has 2 fully saturated rings. The first kappa shape index (κ1) is 17.1. The van der Waals surface area contributed by atoms with Crippen molar-refractivity contribution in [3.63, 3.8) is 0 Å². The summed E-state index contributed by atoms with van der Waals surface area (Å²) in [6, 6.07) is 1.33. The van der Waals surface area contributed by atoms with Crippen LogP contribution in [0.15, 0.2) is 10.9 Å². The third-order valence-electron chi connectivity index (χ3n) is 4.61. The molecule has 1 aliphatic heterocycles. The summed E-state index contributed by atoms with van der Waals surface area (Å²) in [5, 5.41) is 7.11. The average Bonchev–Trinajstić information content (AvgIpc) is 3.36. The van der Waals surface area contributed by atoms with Crippen molar-refractivity contribution >= 4 is 5.91 Å². The molecule has 2 heterocycles. The molecular formula is C17H25N3O4. The third kappa shape index (κ3) is 4.42. The second-order valence-corrected chi connectivity index (χ2v) is 6.76. The van der Waals surface area contributed by atoms with Crippen LogP contribution >= 0.6 is 0 Å². The second-order valence-electron chi connectivity index (χ2n) is 6.76. The van der Waals surface area contributed by atoms with E-state index in [-0.39, 0.29) is 30.2 Å². The predicted molar refractivity (Wildman–Crippen MR) is 87.8 cm³/mol. The lowest BCUT2D eigenvalue weighted by Gasteiger charge is -2.32. The molecule has 24 heavy (non-hydrogen) atoms. The Kier molecular flexibility index (Phi) is 5.30. The summed E-state index contributed by atoms with van der Waals surface area (Å²) in [5.74, 6) is 0.436. The number of carbonyl (C=O) groups is 1. The van der Waals surface area contributed by atoms with Crippen molar-refractivity contribution in [3.8, 4) is 0 Å². The van der Waals surface area contributed by atoms with Crippen molar-refractivity contribution in [2.75, 3.05) is 19.8 Å². The minimum absolute atomic E-state index is 0.0206. The molecule has 1 aromatic heterocycles. The van der Waals surface area contributed by atoms with Crippen LogP contribution in [-0.2, 0) is 20.8 Å². The van der Waals surface area contributed by atoms with Gasteiger partial charge in [0.2, 0.25) is 5.91 Å². The van der Waals surface area contributed by atoms with E-state index in [0.717, 1.165) is 24.3 Å². The molecule has 2 unspecified atom stereocenters. The van der Waals surface area contributed by atoms with E-state index in [2.05, 4.69) is 10.4 Å². The summed E-state index contributed by atoms with van der Waals surface area (Å²) in [5.41, 5.74) is 1.30. The van der Waals surface area contributed by atoms with Crippen LogP contribution < -0.4 is 10.9 Å². The molecule has 0 aromatic carbocycles. The Morgan fingerprint density at radius 1 is 1.42 bits per heavy atom. The number of nitrogens with one attached hydrogen (secondary N) is 1. The Balaban J connectivity index is 1.58. The normalized spacial score (nSPS) is 23.9. The van der Waals surface area contributed by atoms with E-state index in [1.165, 1.54) is 23.6 Å². The first-order chi connectivity index (χ1) is 11.5. The third-order valence-corrected chi connectivity index (χ3v) is 4.61. The number of carbonyl (C=O) groups excluding carboxylic acids is 1. The van der Waals surface area contributed by atoms with Crippen molar-refractivity contribution in [1.29, 1.82) is 0 Å². The average molecular weight is 335 g/mol. The molecule has 1 N–H and O–H groups in total.